The summed E-state index contributed by atoms with van der Waals surface area (Å²) in [5, 5.41) is 0.740. The van der Waals surface area contributed by atoms with Crippen molar-refractivity contribution in [3.05, 3.63) is 70.7 Å². The monoisotopic (exact) mass is 303 g/mol. The molecule has 0 atom stereocenters. The minimum Gasteiger partial charge on any atom is -0.361 e. The second kappa shape index (κ2) is 5.96. The van der Waals surface area contributed by atoms with Crippen LogP contribution < -0.4 is 0 Å². The second-order valence-corrected chi connectivity index (χ2v) is 4.69. The van der Waals surface area contributed by atoms with Crippen molar-refractivity contribution in [3.63, 3.8) is 0 Å². The van der Waals surface area contributed by atoms with E-state index in [9.17, 15) is 0 Å². The molecule has 0 aliphatic heterocycles. The lowest BCUT2D eigenvalue weighted by atomic mass is 10.2. The Morgan fingerprint density at radius 2 is 1.85 bits per heavy atom. The molecule has 0 saturated heterocycles. The molecule has 2 heterocycles. The van der Waals surface area contributed by atoms with Gasteiger partial charge in [0.15, 0.2) is 5.52 Å². The van der Waals surface area contributed by atoms with Gasteiger partial charge in [-0.05, 0) is 29.8 Å². The first-order chi connectivity index (χ1) is 9.26. The molecule has 0 saturated carbocycles. The molecule has 0 N–H and O–H groups in total. The van der Waals surface area contributed by atoms with Gasteiger partial charge in [-0.1, -0.05) is 30.3 Å². The Morgan fingerprint density at radius 3 is 2.55 bits per heavy atom. The molecule has 0 amide bonds. The van der Waals surface area contributed by atoms with E-state index < -0.39 is 0 Å². The van der Waals surface area contributed by atoms with Crippen LogP contribution in [0.5, 0.6) is 0 Å². The Labute approximate surface area is 128 Å². The highest BCUT2D eigenvalue weighted by Gasteiger charge is 2.06. The highest BCUT2D eigenvalue weighted by Crippen LogP contribution is 2.20. The summed E-state index contributed by atoms with van der Waals surface area (Å²) < 4.78 is 2.11. The van der Waals surface area contributed by atoms with Crippen molar-refractivity contribution >= 4 is 40.9 Å². The van der Waals surface area contributed by atoms with Gasteiger partial charge in [0.25, 0.3) is 5.82 Å². The summed E-state index contributed by atoms with van der Waals surface area (Å²) in [6.07, 6.45) is 1.99. The number of hydrogen-bond donors (Lipinski definition) is 0. The van der Waals surface area contributed by atoms with E-state index in [0.29, 0.717) is 5.82 Å². The number of pyridine rings is 1. The van der Waals surface area contributed by atoms with E-state index in [1.54, 1.807) is 6.07 Å². The molecule has 5 heteroatoms. The van der Waals surface area contributed by atoms with Crippen LogP contribution in [0.25, 0.3) is 15.9 Å². The fourth-order valence-electron chi connectivity index (χ4n) is 2.05. The van der Waals surface area contributed by atoms with Gasteiger partial charge >= 0.3 is 0 Å². The Bertz CT molecular complexity index is 770. The number of fused-ring (bicyclic) bond motifs is 1. The average Bonchev–Trinajstić information content (AvgIpc) is 2.83. The molecule has 0 fully saturated rings. The Hall–Kier alpha value is -2.02. The second-order valence-electron chi connectivity index (χ2n) is 4.26. The quantitative estimate of drug-likeness (QED) is 0.628. The van der Waals surface area contributed by atoms with Crippen molar-refractivity contribution < 1.29 is 0 Å². The predicted molar refractivity (Wildman–Crippen MR) is 83.8 cm³/mol. The van der Waals surface area contributed by atoms with Gasteiger partial charge in [0.1, 0.15) is 0 Å². The van der Waals surface area contributed by atoms with E-state index in [1.807, 2.05) is 42.6 Å². The van der Waals surface area contributed by atoms with Crippen LogP contribution in [0.3, 0.4) is 0 Å². The molecule has 0 spiro atoms. The fraction of sp³-hybridized carbons (Fsp3) is 0.0667. The molecule has 3 nitrogen and oxygen atoms in total. The number of aromatic nitrogens is 2. The minimum absolute atomic E-state index is 0. The number of benzene rings is 1. The van der Waals surface area contributed by atoms with Crippen LogP contribution in [0.2, 0.25) is 5.02 Å². The van der Waals surface area contributed by atoms with Gasteiger partial charge in [-0.3, -0.25) is 0 Å². The van der Waals surface area contributed by atoms with Crippen LogP contribution >= 0.6 is 24.0 Å². The maximum Gasteiger partial charge on any atom is 0.270 e. The van der Waals surface area contributed by atoms with Crippen molar-refractivity contribution in [2.45, 2.75) is 6.54 Å². The summed E-state index contributed by atoms with van der Waals surface area (Å²) in [6.45, 7) is 7.73. The van der Waals surface area contributed by atoms with Crippen LogP contribution in [0.4, 0.5) is 5.82 Å². The van der Waals surface area contributed by atoms with Crippen molar-refractivity contribution in [2.24, 2.45) is 0 Å². The fourth-order valence-corrected chi connectivity index (χ4v) is 2.18. The molecule has 0 unspecified atom stereocenters. The Kier molecular flexibility index (Phi) is 4.29. The molecule has 100 valence electrons. The summed E-state index contributed by atoms with van der Waals surface area (Å²) in [4.78, 5) is 7.61. The number of halogens is 2. The molecular weight excluding hydrogens is 293 g/mol. The third kappa shape index (κ3) is 2.77. The van der Waals surface area contributed by atoms with Gasteiger partial charge in [0, 0.05) is 23.8 Å². The molecule has 20 heavy (non-hydrogen) atoms. The molecule has 0 radical (unpaired) electrons. The zero-order valence-electron chi connectivity index (χ0n) is 10.5. The topological polar surface area (TPSA) is 22.2 Å². The first-order valence-electron chi connectivity index (χ1n) is 5.84. The molecule has 0 aliphatic rings. The minimum atomic E-state index is 0. The van der Waals surface area contributed by atoms with E-state index >= 15 is 0 Å². The van der Waals surface area contributed by atoms with Crippen molar-refractivity contribution in [1.82, 2.24) is 9.55 Å². The van der Waals surface area contributed by atoms with Gasteiger partial charge in [-0.25, -0.2) is 0 Å². The van der Waals surface area contributed by atoms with E-state index in [0.717, 1.165) is 22.6 Å². The van der Waals surface area contributed by atoms with Crippen LogP contribution in [-0.4, -0.2) is 9.55 Å². The van der Waals surface area contributed by atoms with E-state index in [1.165, 1.54) is 5.56 Å². The van der Waals surface area contributed by atoms with Crippen LogP contribution in [-0.2, 0) is 6.54 Å². The van der Waals surface area contributed by atoms with Gasteiger partial charge in [-0.15, -0.1) is 17.4 Å². The Morgan fingerprint density at radius 1 is 1.10 bits per heavy atom. The maximum atomic E-state index is 6.97. The van der Waals surface area contributed by atoms with E-state index in [-0.39, 0.29) is 12.4 Å². The van der Waals surface area contributed by atoms with Crippen LogP contribution in [0, 0.1) is 6.57 Å². The smallest absolute Gasteiger partial charge is 0.270 e. The van der Waals surface area contributed by atoms with Gasteiger partial charge in [0.05, 0.1) is 5.52 Å². The maximum absolute atomic E-state index is 6.97. The van der Waals surface area contributed by atoms with Crippen LogP contribution in [0.15, 0.2) is 48.7 Å². The zero-order chi connectivity index (χ0) is 13.2. The summed E-state index contributed by atoms with van der Waals surface area (Å²) in [7, 11) is 0. The predicted octanol–water partition coefficient (Wildman–Crippen LogP) is 4.71. The van der Waals surface area contributed by atoms with Gasteiger partial charge in [0.2, 0.25) is 0 Å². The normalized spacial score (nSPS) is 10.0. The number of rotatable bonds is 2. The lowest BCUT2D eigenvalue weighted by molar-refractivity contribution is 0.836. The highest BCUT2D eigenvalue weighted by atomic mass is 35.5. The molecule has 1 aromatic carbocycles. The first kappa shape index (κ1) is 14.4. The molecular formula is C15H11Cl2N3. The average molecular weight is 304 g/mol. The number of nitrogens with zero attached hydrogens (tertiary/aromatic N) is 3. The molecule has 3 rings (SSSR count). The first-order valence-corrected chi connectivity index (χ1v) is 6.22. The lowest BCUT2D eigenvalue weighted by Crippen LogP contribution is -1.97. The SMILES string of the molecule is Cl.[C-]#[N+]c1ccc2c(ccn2Cc2ccc(Cl)cc2)n1. The molecule has 3 aromatic rings. The third-order valence-electron chi connectivity index (χ3n) is 2.99. The van der Waals surface area contributed by atoms with Crippen molar-refractivity contribution in [3.8, 4) is 0 Å². The van der Waals surface area contributed by atoms with Crippen molar-refractivity contribution in [1.29, 1.82) is 0 Å². The Balaban J connectivity index is 0.00000147. The van der Waals surface area contributed by atoms with Gasteiger partial charge < -0.3 is 9.41 Å². The van der Waals surface area contributed by atoms with Crippen molar-refractivity contribution in [2.75, 3.05) is 0 Å². The largest absolute Gasteiger partial charge is 0.361 e. The standard InChI is InChI=1S/C15H10ClN3.ClH/c1-17-15-7-6-14-13(18-15)8-9-19(14)10-11-2-4-12(16)5-3-11;/h2-9H,10H2;1H. The summed E-state index contributed by atoms with van der Waals surface area (Å²) in [5.74, 6) is 0.428. The summed E-state index contributed by atoms with van der Waals surface area (Å²) >= 11 is 5.88. The molecule has 0 aliphatic carbocycles. The summed E-state index contributed by atoms with van der Waals surface area (Å²) in [6, 6.07) is 13.4. The molecule has 0 bridgehead atoms. The van der Waals surface area contributed by atoms with Crippen LogP contribution in [0.1, 0.15) is 5.56 Å². The lowest BCUT2D eigenvalue weighted by Gasteiger charge is -2.05. The number of hydrogen-bond acceptors (Lipinski definition) is 1. The zero-order valence-corrected chi connectivity index (χ0v) is 12.0. The van der Waals surface area contributed by atoms with E-state index in [4.69, 9.17) is 18.2 Å². The molecule has 2 aromatic heterocycles. The highest BCUT2D eigenvalue weighted by molar-refractivity contribution is 6.30. The summed E-state index contributed by atoms with van der Waals surface area (Å²) in [5.41, 5.74) is 3.06. The van der Waals surface area contributed by atoms with Gasteiger partial charge in [-0.2, -0.15) is 0 Å². The third-order valence-corrected chi connectivity index (χ3v) is 3.24. The van der Waals surface area contributed by atoms with E-state index in [2.05, 4.69) is 14.4 Å².